The molecule has 0 aromatic heterocycles. The van der Waals surface area contributed by atoms with E-state index in [2.05, 4.69) is 58.4 Å². The molecule has 2 aromatic rings. The third-order valence-electron chi connectivity index (χ3n) is 2.93. The first kappa shape index (κ1) is 12.3. The van der Waals surface area contributed by atoms with E-state index < -0.39 is 0 Å². The summed E-state index contributed by atoms with van der Waals surface area (Å²) in [5.41, 5.74) is 8.52. The van der Waals surface area contributed by atoms with Gasteiger partial charge in [0.15, 0.2) is 0 Å². The molecule has 88 valence electrons. The number of nitrogens with two attached hydrogens (primary N) is 1. The largest absolute Gasteiger partial charge is 0.330 e. The van der Waals surface area contributed by atoms with Crippen LogP contribution in [-0.4, -0.2) is 6.54 Å². The van der Waals surface area contributed by atoms with Gasteiger partial charge in [-0.2, -0.15) is 0 Å². The van der Waals surface area contributed by atoms with Gasteiger partial charge >= 0.3 is 0 Å². The second-order valence-corrected chi connectivity index (χ2v) is 5.09. The molecule has 1 nitrogen and oxygen atoms in total. The predicted octanol–water partition coefficient (Wildman–Crippen LogP) is 3.73. The van der Waals surface area contributed by atoms with E-state index in [1.807, 2.05) is 12.1 Å². The molecule has 0 bridgehead atoms. The highest BCUT2D eigenvalue weighted by molar-refractivity contribution is 9.10. The van der Waals surface area contributed by atoms with Crippen LogP contribution in [0.2, 0.25) is 0 Å². The molecule has 0 aliphatic carbocycles. The maximum Gasteiger partial charge on any atom is 0.0178 e. The summed E-state index contributed by atoms with van der Waals surface area (Å²) < 4.78 is 1.11. The Hall–Kier alpha value is -1.12. The molecule has 0 saturated heterocycles. The zero-order valence-corrected chi connectivity index (χ0v) is 11.2. The fraction of sp³-hybridized carbons (Fsp3) is 0.200. The molecule has 0 saturated carbocycles. The Morgan fingerprint density at radius 2 is 1.76 bits per heavy atom. The molecule has 0 aliphatic rings. The zero-order valence-electron chi connectivity index (χ0n) is 9.64. The Labute approximate surface area is 111 Å². The van der Waals surface area contributed by atoms with Crippen LogP contribution < -0.4 is 5.73 Å². The molecule has 2 N–H and O–H groups in total. The van der Waals surface area contributed by atoms with E-state index in [0.29, 0.717) is 12.5 Å². The van der Waals surface area contributed by atoms with Crippen LogP contribution >= 0.6 is 15.9 Å². The zero-order chi connectivity index (χ0) is 12.1. The van der Waals surface area contributed by atoms with Crippen LogP contribution in [0.5, 0.6) is 0 Å². The molecule has 0 heterocycles. The number of benzene rings is 2. The fourth-order valence-electron chi connectivity index (χ4n) is 2.00. The van der Waals surface area contributed by atoms with E-state index in [9.17, 15) is 0 Å². The smallest absolute Gasteiger partial charge is 0.0178 e. The molecule has 0 amide bonds. The summed E-state index contributed by atoms with van der Waals surface area (Å²) in [6, 6.07) is 18.9. The molecule has 17 heavy (non-hydrogen) atoms. The van der Waals surface area contributed by atoms with Gasteiger partial charge in [0.25, 0.3) is 0 Å². The molecule has 1 unspecified atom stereocenters. The maximum absolute atomic E-state index is 5.89. The summed E-state index contributed by atoms with van der Waals surface area (Å²) in [7, 11) is 0. The third kappa shape index (κ3) is 3.42. The lowest BCUT2D eigenvalue weighted by atomic mass is 9.92. The van der Waals surface area contributed by atoms with Crippen LogP contribution in [0.3, 0.4) is 0 Å². The van der Waals surface area contributed by atoms with E-state index in [0.717, 1.165) is 10.9 Å². The Balaban J connectivity index is 2.17. The highest BCUT2D eigenvalue weighted by atomic mass is 79.9. The van der Waals surface area contributed by atoms with Crippen molar-refractivity contribution in [2.45, 2.75) is 12.3 Å². The second kappa shape index (κ2) is 5.99. The first-order chi connectivity index (χ1) is 8.29. The number of halogens is 1. The van der Waals surface area contributed by atoms with Crippen LogP contribution in [0, 0.1) is 0 Å². The Morgan fingerprint density at radius 1 is 1.00 bits per heavy atom. The minimum Gasteiger partial charge on any atom is -0.330 e. The molecular weight excluding hydrogens is 274 g/mol. The van der Waals surface area contributed by atoms with E-state index in [1.165, 1.54) is 11.1 Å². The van der Waals surface area contributed by atoms with Crippen molar-refractivity contribution >= 4 is 15.9 Å². The first-order valence-corrected chi connectivity index (χ1v) is 6.58. The molecule has 0 aliphatic heterocycles. The summed E-state index contributed by atoms with van der Waals surface area (Å²) in [4.78, 5) is 0. The van der Waals surface area contributed by atoms with E-state index in [4.69, 9.17) is 5.73 Å². The average molecular weight is 290 g/mol. The monoisotopic (exact) mass is 289 g/mol. The minimum atomic E-state index is 0.384. The van der Waals surface area contributed by atoms with Gasteiger partial charge in [-0.1, -0.05) is 58.4 Å². The first-order valence-electron chi connectivity index (χ1n) is 5.79. The molecule has 0 fully saturated rings. The molecular formula is C15H16BrN. The van der Waals surface area contributed by atoms with Gasteiger partial charge in [-0.05, 0) is 36.2 Å². The second-order valence-electron chi connectivity index (χ2n) is 4.18. The van der Waals surface area contributed by atoms with Crippen LogP contribution in [-0.2, 0) is 6.42 Å². The quantitative estimate of drug-likeness (QED) is 0.912. The van der Waals surface area contributed by atoms with Crippen LogP contribution in [0.1, 0.15) is 17.0 Å². The highest BCUT2D eigenvalue weighted by Gasteiger charge is 2.10. The standard InChI is InChI=1S/C15H16BrN/c16-15-8-4-7-13(10-15)14(11-17)9-12-5-2-1-3-6-12/h1-8,10,14H,9,11,17H2. The van der Waals surface area contributed by atoms with Crippen molar-refractivity contribution < 1.29 is 0 Å². The van der Waals surface area contributed by atoms with Crippen molar-refractivity contribution in [3.05, 3.63) is 70.2 Å². The Kier molecular flexibility index (Phi) is 4.35. The van der Waals surface area contributed by atoms with Gasteiger partial charge in [0, 0.05) is 10.4 Å². The third-order valence-corrected chi connectivity index (χ3v) is 3.42. The van der Waals surface area contributed by atoms with Gasteiger partial charge in [-0.25, -0.2) is 0 Å². The van der Waals surface area contributed by atoms with Crippen LogP contribution in [0.15, 0.2) is 59.1 Å². The van der Waals surface area contributed by atoms with E-state index >= 15 is 0 Å². The molecule has 0 radical (unpaired) electrons. The van der Waals surface area contributed by atoms with Crippen molar-refractivity contribution in [3.8, 4) is 0 Å². The van der Waals surface area contributed by atoms with Crippen LogP contribution in [0.25, 0.3) is 0 Å². The highest BCUT2D eigenvalue weighted by Crippen LogP contribution is 2.22. The number of hydrogen-bond acceptors (Lipinski definition) is 1. The van der Waals surface area contributed by atoms with Gasteiger partial charge in [-0.15, -0.1) is 0 Å². The Bertz CT molecular complexity index is 467. The van der Waals surface area contributed by atoms with Crippen molar-refractivity contribution in [2.75, 3.05) is 6.54 Å². The van der Waals surface area contributed by atoms with Crippen molar-refractivity contribution in [2.24, 2.45) is 5.73 Å². The van der Waals surface area contributed by atoms with Gasteiger partial charge in [-0.3, -0.25) is 0 Å². The lowest BCUT2D eigenvalue weighted by molar-refractivity contribution is 0.694. The SMILES string of the molecule is NCC(Cc1ccccc1)c1cccc(Br)c1. The topological polar surface area (TPSA) is 26.0 Å². The molecule has 2 heteroatoms. The normalized spacial score (nSPS) is 12.4. The lowest BCUT2D eigenvalue weighted by Crippen LogP contribution is -2.15. The van der Waals surface area contributed by atoms with Gasteiger partial charge in [0.05, 0.1) is 0 Å². The summed E-state index contributed by atoms with van der Waals surface area (Å²) in [5.74, 6) is 0.384. The predicted molar refractivity (Wildman–Crippen MR) is 76.1 cm³/mol. The van der Waals surface area contributed by atoms with Crippen LogP contribution in [0.4, 0.5) is 0 Å². The van der Waals surface area contributed by atoms with Crippen molar-refractivity contribution in [1.29, 1.82) is 0 Å². The number of hydrogen-bond donors (Lipinski definition) is 1. The van der Waals surface area contributed by atoms with Gasteiger partial charge < -0.3 is 5.73 Å². The molecule has 2 aromatic carbocycles. The van der Waals surface area contributed by atoms with E-state index in [1.54, 1.807) is 0 Å². The fourth-order valence-corrected chi connectivity index (χ4v) is 2.41. The average Bonchev–Trinajstić information content (AvgIpc) is 2.37. The number of rotatable bonds is 4. The molecule has 1 atom stereocenters. The molecule has 0 spiro atoms. The van der Waals surface area contributed by atoms with Crippen molar-refractivity contribution in [1.82, 2.24) is 0 Å². The summed E-state index contributed by atoms with van der Waals surface area (Å²) in [6.07, 6.45) is 0.994. The van der Waals surface area contributed by atoms with Crippen molar-refractivity contribution in [3.63, 3.8) is 0 Å². The minimum absolute atomic E-state index is 0.384. The van der Waals surface area contributed by atoms with E-state index in [-0.39, 0.29) is 0 Å². The summed E-state index contributed by atoms with van der Waals surface area (Å²) in [5, 5.41) is 0. The maximum atomic E-state index is 5.89. The van der Waals surface area contributed by atoms with Gasteiger partial charge in [0.2, 0.25) is 0 Å². The van der Waals surface area contributed by atoms with Gasteiger partial charge in [0.1, 0.15) is 0 Å². The summed E-state index contributed by atoms with van der Waals surface area (Å²) >= 11 is 3.50. The Morgan fingerprint density at radius 3 is 2.41 bits per heavy atom. The lowest BCUT2D eigenvalue weighted by Gasteiger charge is -2.15. The molecule has 2 rings (SSSR count). The summed E-state index contributed by atoms with van der Waals surface area (Å²) in [6.45, 7) is 0.672.